The fourth-order valence-corrected chi connectivity index (χ4v) is 2.96. The monoisotopic (exact) mass is 306 g/mol. The Hall–Kier alpha value is -1.39. The second-order valence-corrected chi connectivity index (χ2v) is 6.13. The molecule has 1 atom stereocenters. The molecule has 4 heteroatoms. The second kappa shape index (κ2) is 8.91. The van der Waals surface area contributed by atoms with Gasteiger partial charge in [0.25, 0.3) is 0 Å². The number of aliphatic hydroxyl groups excluding tert-OH is 1. The highest BCUT2D eigenvalue weighted by molar-refractivity contribution is 5.95. The predicted molar refractivity (Wildman–Crippen MR) is 86.6 cm³/mol. The molecule has 1 aromatic rings. The Kier molecular flexibility index (Phi) is 6.87. The molecule has 0 aromatic heterocycles. The van der Waals surface area contributed by atoms with Gasteiger partial charge in [-0.25, -0.2) is 0 Å². The summed E-state index contributed by atoms with van der Waals surface area (Å²) in [5.41, 5.74) is 0.712. The topological polar surface area (TPSA) is 51.0 Å². The summed E-state index contributed by atoms with van der Waals surface area (Å²) in [6, 6.07) is 7.17. The third-order valence-corrected chi connectivity index (χ3v) is 4.27. The number of carbonyl (C=O) groups is 1. The number of rotatable bonds is 7. The maximum Gasteiger partial charge on any atom is 0.162 e. The van der Waals surface area contributed by atoms with Crippen molar-refractivity contribution in [3.63, 3.8) is 0 Å². The maximum absolute atomic E-state index is 11.6. The summed E-state index contributed by atoms with van der Waals surface area (Å²) in [4.78, 5) is 13.0. The van der Waals surface area contributed by atoms with E-state index >= 15 is 0 Å². The Morgan fingerprint density at radius 2 is 1.82 bits per heavy atom. The van der Waals surface area contributed by atoms with Crippen molar-refractivity contribution in [2.75, 3.05) is 26.2 Å². The van der Waals surface area contributed by atoms with Crippen LogP contribution in [0.1, 0.15) is 49.4 Å². The maximum atomic E-state index is 11.6. The summed E-state index contributed by atoms with van der Waals surface area (Å²) in [5, 5.41) is 10.1. The lowest BCUT2D eigenvalue weighted by Gasteiger charge is -2.20. The van der Waals surface area contributed by atoms with E-state index in [1.54, 1.807) is 24.3 Å². The predicted octanol–water partition coefficient (Wildman–Crippen LogP) is 1.48. The van der Waals surface area contributed by atoms with Crippen LogP contribution >= 0.6 is 0 Å². The molecule has 0 bridgehead atoms. The number of ketones is 1. The average Bonchev–Trinajstić information content (AvgIpc) is 2.81. The van der Waals surface area contributed by atoms with Crippen molar-refractivity contribution in [1.82, 2.24) is 0 Å². The van der Waals surface area contributed by atoms with E-state index in [1.165, 1.54) is 30.6 Å². The standard InChI is InChI=1S/C18H27NO3/c1-2-18(21)15-7-9-17(10-8-15)22-14-16(20)13-19-11-5-3-4-6-12-19/h7-10,16,20H,2-6,11-14H2,1H3/p+1/t16-/m1/s1. The number of ether oxygens (including phenoxy) is 1. The van der Waals surface area contributed by atoms with Gasteiger partial charge < -0.3 is 14.7 Å². The highest BCUT2D eigenvalue weighted by atomic mass is 16.5. The molecule has 1 saturated heterocycles. The van der Waals surface area contributed by atoms with Crippen LogP contribution in [-0.2, 0) is 0 Å². The third-order valence-electron chi connectivity index (χ3n) is 4.27. The minimum Gasteiger partial charge on any atom is -0.491 e. The van der Waals surface area contributed by atoms with Gasteiger partial charge in [0.15, 0.2) is 5.78 Å². The molecule has 0 spiro atoms. The van der Waals surface area contributed by atoms with E-state index in [0.717, 1.165) is 19.6 Å². The lowest BCUT2D eigenvalue weighted by atomic mass is 10.1. The number of quaternary nitrogens is 1. The third kappa shape index (κ3) is 5.43. The molecule has 0 aliphatic carbocycles. The molecule has 0 saturated carbocycles. The van der Waals surface area contributed by atoms with Gasteiger partial charge in [0.2, 0.25) is 0 Å². The Labute approximate surface area is 133 Å². The van der Waals surface area contributed by atoms with Crippen LogP contribution < -0.4 is 9.64 Å². The SMILES string of the molecule is CCC(=O)c1ccc(OC[C@H](O)C[NH+]2CCCCCC2)cc1. The summed E-state index contributed by atoms with van der Waals surface area (Å²) in [7, 11) is 0. The van der Waals surface area contributed by atoms with Crippen molar-refractivity contribution >= 4 is 5.78 Å². The minimum atomic E-state index is -0.440. The van der Waals surface area contributed by atoms with Gasteiger partial charge in [0.05, 0.1) is 13.1 Å². The number of aliphatic hydroxyl groups is 1. The van der Waals surface area contributed by atoms with Crippen LogP contribution in [0, 0.1) is 0 Å². The van der Waals surface area contributed by atoms with E-state index in [2.05, 4.69) is 0 Å². The summed E-state index contributed by atoms with van der Waals surface area (Å²) in [5.74, 6) is 0.842. The molecule has 2 N–H and O–H groups in total. The quantitative estimate of drug-likeness (QED) is 0.750. The van der Waals surface area contributed by atoms with Gasteiger partial charge in [-0.3, -0.25) is 4.79 Å². The van der Waals surface area contributed by atoms with Crippen LogP contribution in [0.3, 0.4) is 0 Å². The zero-order valence-electron chi connectivity index (χ0n) is 13.5. The lowest BCUT2D eigenvalue weighted by Crippen LogP contribution is -3.13. The molecule has 2 rings (SSSR count). The molecule has 0 amide bonds. The molecular formula is C18H28NO3+. The van der Waals surface area contributed by atoms with Crippen molar-refractivity contribution in [3.05, 3.63) is 29.8 Å². The molecule has 22 heavy (non-hydrogen) atoms. The average molecular weight is 306 g/mol. The van der Waals surface area contributed by atoms with Crippen LogP contribution in [-0.4, -0.2) is 43.2 Å². The molecule has 1 fully saturated rings. The largest absolute Gasteiger partial charge is 0.491 e. The summed E-state index contributed by atoms with van der Waals surface area (Å²) < 4.78 is 5.63. The van der Waals surface area contributed by atoms with E-state index in [9.17, 15) is 9.90 Å². The van der Waals surface area contributed by atoms with Crippen LogP contribution in [0.25, 0.3) is 0 Å². The van der Waals surface area contributed by atoms with E-state index in [0.29, 0.717) is 24.3 Å². The Balaban J connectivity index is 1.75. The first-order valence-corrected chi connectivity index (χ1v) is 8.46. The Morgan fingerprint density at radius 3 is 2.41 bits per heavy atom. The normalized spacial score (nSPS) is 17.7. The summed E-state index contributed by atoms with van der Waals surface area (Å²) >= 11 is 0. The van der Waals surface area contributed by atoms with Crippen LogP contribution in [0.4, 0.5) is 0 Å². The molecule has 1 heterocycles. The van der Waals surface area contributed by atoms with Gasteiger partial charge in [0, 0.05) is 12.0 Å². The summed E-state index contributed by atoms with van der Waals surface area (Å²) in [6.07, 6.45) is 5.23. The van der Waals surface area contributed by atoms with Gasteiger partial charge in [-0.05, 0) is 49.9 Å². The number of nitrogens with one attached hydrogen (secondary N) is 1. The Bertz CT molecular complexity index is 450. The number of Topliss-reactive ketones (excluding diaryl/α,β-unsaturated/α-hetero) is 1. The highest BCUT2D eigenvalue weighted by Gasteiger charge is 2.17. The number of benzene rings is 1. The second-order valence-electron chi connectivity index (χ2n) is 6.13. The Morgan fingerprint density at radius 1 is 1.18 bits per heavy atom. The molecule has 122 valence electrons. The van der Waals surface area contributed by atoms with Crippen molar-refractivity contribution in [2.45, 2.75) is 45.1 Å². The van der Waals surface area contributed by atoms with Crippen LogP contribution in [0.2, 0.25) is 0 Å². The number of likely N-dealkylation sites (tertiary alicyclic amines) is 1. The zero-order valence-corrected chi connectivity index (χ0v) is 13.5. The first kappa shape index (κ1) is 17.0. The minimum absolute atomic E-state index is 0.136. The number of carbonyl (C=O) groups excluding carboxylic acids is 1. The van der Waals surface area contributed by atoms with Gasteiger partial charge in [-0.1, -0.05) is 6.92 Å². The van der Waals surface area contributed by atoms with E-state index in [-0.39, 0.29) is 5.78 Å². The van der Waals surface area contributed by atoms with Gasteiger partial charge in [-0.15, -0.1) is 0 Å². The van der Waals surface area contributed by atoms with Gasteiger partial charge in [0.1, 0.15) is 25.0 Å². The first-order chi connectivity index (χ1) is 10.7. The first-order valence-electron chi connectivity index (χ1n) is 8.46. The van der Waals surface area contributed by atoms with Crippen molar-refractivity contribution in [1.29, 1.82) is 0 Å². The molecule has 0 radical (unpaired) electrons. The lowest BCUT2D eigenvalue weighted by molar-refractivity contribution is -0.902. The van der Waals surface area contributed by atoms with Crippen LogP contribution in [0.15, 0.2) is 24.3 Å². The van der Waals surface area contributed by atoms with Crippen LogP contribution in [0.5, 0.6) is 5.75 Å². The van der Waals surface area contributed by atoms with E-state index < -0.39 is 6.10 Å². The molecule has 1 aromatic carbocycles. The number of hydrogen-bond donors (Lipinski definition) is 2. The van der Waals surface area contributed by atoms with Crippen molar-refractivity contribution in [2.24, 2.45) is 0 Å². The molecule has 1 aliphatic rings. The van der Waals surface area contributed by atoms with Crippen molar-refractivity contribution in [3.8, 4) is 5.75 Å². The fourth-order valence-electron chi connectivity index (χ4n) is 2.96. The van der Waals surface area contributed by atoms with E-state index in [1.807, 2.05) is 6.92 Å². The molecule has 0 unspecified atom stereocenters. The smallest absolute Gasteiger partial charge is 0.162 e. The molecule has 4 nitrogen and oxygen atoms in total. The van der Waals surface area contributed by atoms with Gasteiger partial charge in [-0.2, -0.15) is 0 Å². The number of hydrogen-bond acceptors (Lipinski definition) is 3. The van der Waals surface area contributed by atoms with E-state index in [4.69, 9.17) is 4.74 Å². The summed E-state index contributed by atoms with van der Waals surface area (Å²) in [6.45, 7) is 5.24. The molecular weight excluding hydrogens is 278 g/mol. The fraction of sp³-hybridized carbons (Fsp3) is 0.611. The zero-order chi connectivity index (χ0) is 15.8. The van der Waals surface area contributed by atoms with Crippen molar-refractivity contribution < 1.29 is 19.5 Å². The van der Waals surface area contributed by atoms with Gasteiger partial charge >= 0.3 is 0 Å². The highest BCUT2D eigenvalue weighted by Crippen LogP contribution is 2.13. The molecule has 1 aliphatic heterocycles.